The maximum Gasteiger partial charge on any atom is 0.244 e. The molecule has 2 saturated heterocycles. The summed E-state index contributed by atoms with van der Waals surface area (Å²) in [5.74, 6) is 0. The monoisotopic (exact) mass is 314 g/mol. The van der Waals surface area contributed by atoms with Crippen molar-refractivity contribution in [2.75, 3.05) is 26.2 Å². The third-order valence-electron chi connectivity index (χ3n) is 4.57. The summed E-state index contributed by atoms with van der Waals surface area (Å²) in [6.07, 6.45) is 3.22. The van der Waals surface area contributed by atoms with Crippen LogP contribution in [0.15, 0.2) is 11.0 Å². The fourth-order valence-electron chi connectivity index (χ4n) is 3.51. The molecule has 3 heterocycles. The largest absolute Gasteiger partial charge is 0.316 e. The van der Waals surface area contributed by atoms with Crippen molar-refractivity contribution in [2.45, 2.75) is 38.0 Å². The van der Waals surface area contributed by atoms with Crippen molar-refractivity contribution < 1.29 is 8.42 Å². The number of rotatable bonds is 2. The van der Waals surface area contributed by atoms with Gasteiger partial charge in [0.25, 0.3) is 0 Å². The molecule has 0 bridgehead atoms. The van der Waals surface area contributed by atoms with E-state index in [1.807, 2.05) is 19.9 Å². The standard InChI is InChI=1S/C14H22N2O2S2/c1-11-8-13(12(2)19-11)20(17,18)16-7-3-4-14(10-16)5-6-15-9-14/h8,15H,3-7,9-10H2,1-2H3. The predicted molar refractivity (Wildman–Crippen MR) is 81.7 cm³/mol. The molecule has 0 amide bonds. The average molecular weight is 314 g/mol. The molecule has 1 atom stereocenters. The van der Waals surface area contributed by atoms with Crippen LogP contribution in [0.4, 0.5) is 0 Å². The quantitative estimate of drug-likeness (QED) is 0.910. The van der Waals surface area contributed by atoms with E-state index >= 15 is 0 Å². The molecule has 4 nitrogen and oxygen atoms in total. The molecule has 1 unspecified atom stereocenters. The molecule has 1 N–H and O–H groups in total. The summed E-state index contributed by atoms with van der Waals surface area (Å²) >= 11 is 1.57. The van der Waals surface area contributed by atoms with Gasteiger partial charge in [0.1, 0.15) is 0 Å². The van der Waals surface area contributed by atoms with Gasteiger partial charge in [-0.2, -0.15) is 4.31 Å². The molecule has 2 fully saturated rings. The van der Waals surface area contributed by atoms with Crippen LogP contribution in [0.5, 0.6) is 0 Å². The molecule has 2 aliphatic heterocycles. The second-order valence-electron chi connectivity index (χ2n) is 6.15. The van der Waals surface area contributed by atoms with Crippen molar-refractivity contribution in [2.24, 2.45) is 5.41 Å². The normalized spacial score (nSPS) is 28.3. The molecule has 6 heteroatoms. The SMILES string of the molecule is Cc1cc(S(=O)(=O)N2CCCC3(CCNC3)C2)c(C)s1. The number of hydrogen-bond acceptors (Lipinski definition) is 4. The smallest absolute Gasteiger partial charge is 0.244 e. The highest BCUT2D eigenvalue weighted by Crippen LogP contribution is 2.38. The highest BCUT2D eigenvalue weighted by Gasteiger charge is 2.42. The van der Waals surface area contributed by atoms with E-state index in [-0.39, 0.29) is 5.41 Å². The Labute approximate surface area is 125 Å². The summed E-state index contributed by atoms with van der Waals surface area (Å²) in [5.41, 5.74) is 0.171. The van der Waals surface area contributed by atoms with Gasteiger partial charge < -0.3 is 5.32 Å². The molecule has 1 aromatic rings. The van der Waals surface area contributed by atoms with E-state index in [1.165, 1.54) is 0 Å². The molecule has 0 aromatic carbocycles. The Morgan fingerprint density at radius 3 is 2.75 bits per heavy atom. The van der Waals surface area contributed by atoms with Crippen LogP contribution in [0.1, 0.15) is 29.0 Å². The van der Waals surface area contributed by atoms with E-state index in [0.29, 0.717) is 18.0 Å². The second kappa shape index (κ2) is 5.09. The van der Waals surface area contributed by atoms with Gasteiger partial charge in [-0.25, -0.2) is 8.42 Å². The van der Waals surface area contributed by atoms with E-state index in [4.69, 9.17) is 0 Å². The minimum Gasteiger partial charge on any atom is -0.316 e. The van der Waals surface area contributed by atoms with E-state index in [9.17, 15) is 8.42 Å². The molecule has 2 aliphatic rings. The van der Waals surface area contributed by atoms with E-state index < -0.39 is 10.0 Å². The maximum absolute atomic E-state index is 12.9. The van der Waals surface area contributed by atoms with Gasteiger partial charge >= 0.3 is 0 Å². The number of sulfonamides is 1. The Balaban J connectivity index is 1.89. The molecule has 3 rings (SSSR count). The molecule has 1 aromatic heterocycles. The molecule has 0 aliphatic carbocycles. The Bertz CT molecular complexity index is 601. The molecule has 20 heavy (non-hydrogen) atoms. The van der Waals surface area contributed by atoms with Crippen LogP contribution in [0, 0.1) is 19.3 Å². The van der Waals surface area contributed by atoms with Gasteiger partial charge in [-0.15, -0.1) is 11.3 Å². The van der Waals surface area contributed by atoms with Gasteiger partial charge in [0.05, 0.1) is 4.90 Å². The summed E-state index contributed by atoms with van der Waals surface area (Å²) in [7, 11) is -3.32. The van der Waals surface area contributed by atoms with Crippen LogP contribution in [0.25, 0.3) is 0 Å². The van der Waals surface area contributed by atoms with Crippen LogP contribution < -0.4 is 5.32 Å². The van der Waals surface area contributed by atoms with Crippen LogP contribution in [-0.2, 0) is 10.0 Å². The first-order chi connectivity index (χ1) is 9.43. The van der Waals surface area contributed by atoms with Gasteiger partial charge in [-0.05, 0) is 51.1 Å². The lowest BCUT2D eigenvalue weighted by molar-refractivity contribution is 0.166. The van der Waals surface area contributed by atoms with E-state index in [2.05, 4.69) is 5.32 Å². The minimum absolute atomic E-state index is 0.171. The first-order valence-corrected chi connectivity index (χ1v) is 9.47. The van der Waals surface area contributed by atoms with Gasteiger partial charge in [0, 0.05) is 29.4 Å². The van der Waals surface area contributed by atoms with Crippen molar-refractivity contribution in [3.05, 3.63) is 15.8 Å². The lowest BCUT2D eigenvalue weighted by Crippen LogP contribution is -2.47. The maximum atomic E-state index is 12.9. The number of nitrogens with one attached hydrogen (secondary N) is 1. The minimum atomic E-state index is -3.32. The van der Waals surface area contributed by atoms with Crippen molar-refractivity contribution in [1.82, 2.24) is 9.62 Å². The van der Waals surface area contributed by atoms with Crippen LogP contribution in [0.3, 0.4) is 0 Å². The third-order valence-corrected chi connectivity index (χ3v) is 7.64. The van der Waals surface area contributed by atoms with Crippen LogP contribution in [-0.4, -0.2) is 38.9 Å². The van der Waals surface area contributed by atoms with Gasteiger partial charge in [-0.3, -0.25) is 0 Å². The Hall–Kier alpha value is -0.430. The molecule has 112 valence electrons. The number of hydrogen-bond donors (Lipinski definition) is 1. The molecule has 0 radical (unpaired) electrons. The fraction of sp³-hybridized carbons (Fsp3) is 0.714. The molecular weight excluding hydrogens is 292 g/mol. The average Bonchev–Trinajstić information content (AvgIpc) is 2.97. The Morgan fingerprint density at radius 2 is 2.15 bits per heavy atom. The third kappa shape index (κ3) is 2.43. The summed E-state index contributed by atoms with van der Waals surface area (Å²) in [6.45, 7) is 7.19. The second-order valence-corrected chi connectivity index (χ2v) is 9.51. The van der Waals surface area contributed by atoms with Crippen molar-refractivity contribution >= 4 is 21.4 Å². The van der Waals surface area contributed by atoms with Crippen LogP contribution in [0.2, 0.25) is 0 Å². The fourth-order valence-corrected chi connectivity index (χ4v) is 6.63. The highest BCUT2D eigenvalue weighted by atomic mass is 32.2. The zero-order chi connectivity index (χ0) is 14.4. The zero-order valence-electron chi connectivity index (χ0n) is 12.1. The lowest BCUT2D eigenvalue weighted by atomic mass is 9.80. The summed E-state index contributed by atoms with van der Waals surface area (Å²) < 4.78 is 27.5. The van der Waals surface area contributed by atoms with E-state index in [1.54, 1.807) is 15.6 Å². The van der Waals surface area contributed by atoms with Crippen molar-refractivity contribution in [1.29, 1.82) is 0 Å². The molecule has 1 spiro atoms. The zero-order valence-corrected chi connectivity index (χ0v) is 13.7. The summed E-state index contributed by atoms with van der Waals surface area (Å²) in [6, 6.07) is 1.82. The van der Waals surface area contributed by atoms with Crippen molar-refractivity contribution in [3.63, 3.8) is 0 Å². The molecule has 0 saturated carbocycles. The van der Waals surface area contributed by atoms with Gasteiger partial charge in [0.15, 0.2) is 0 Å². The summed E-state index contributed by atoms with van der Waals surface area (Å²) in [5, 5.41) is 3.39. The highest BCUT2D eigenvalue weighted by molar-refractivity contribution is 7.89. The van der Waals surface area contributed by atoms with Gasteiger partial charge in [-0.1, -0.05) is 0 Å². The molecular formula is C14H22N2O2S2. The Kier molecular flexibility index (Phi) is 3.69. The Morgan fingerprint density at radius 1 is 1.35 bits per heavy atom. The predicted octanol–water partition coefficient (Wildman–Crippen LogP) is 2.13. The van der Waals surface area contributed by atoms with E-state index in [0.717, 1.165) is 42.1 Å². The summed E-state index contributed by atoms with van der Waals surface area (Å²) in [4.78, 5) is 2.49. The topological polar surface area (TPSA) is 49.4 Å². The lowest BCUT2D eigenvalue weighted by Gasteiger charge is -2.39. The van der Waals surface area contributed by atoms with Crippen molar-refractivity contribution in [3.8, 4) is 0 Å². The first-order valence-electron chi connectivity index (χ1n) is 7.21. The van der Waals surface area contributed by atoms with Crippen LogP contribution >= 0.6 is 11.3 Å². The van der Waals surface area contributed by atoms with Gasteiger partial charge in [0.2, 0.25) is 10.0 Å². The number of aryl methyl sites for hydroxylation is 2. The number of piperidine rings is 1. The number of thiophene rings is 1. The first kappa shape index (κ1) is 14.5. The number of nitrogens with zero attached hydrogens (tertiary/aromatic N) is 1.